The summed E-state index contributed by atoms with van der Waals surface area (Å²) in [5.41, 5.74) is -1.48. The van der Waals surface area contributed by atoms with Crippen LogP contribution >= 0.6 is 0 Å². The van der Waals surface area contributed by atoms with Crippen molar-refractivity contribution in [2.24, 2.45) is 0 Å². The van der Waals surface area contributed by atoms with Crippen molar-refractivity contribution >= 4 is 70.4 Å². The maximum absolute atomic E-state index is 7.52. The molecule has 0 saturated carbocycles. The summed E-state index contributed by atoms with van der Waals surface area (Å²) in [6.45, 7) is 31.1. The molecule has 0 atom stereocenters. The quantitative estimate of drug-likeness (QED) is 0.206. The second-order valence-corrected chi connectivity index (χ2v) is 43.5. The van der Waals surface area contributed by atoms with Gasteiger partial charge in [-0.3, -0.25) is 0 Å². The third kappa shape index (κ3) is 5.86. The van der Waals surface area contributed by atoms with Gasteiger partial charge >= 0.3 is 70.4 Å². The van der Waals surface area contributed by atoms with Gasteiger partial charge in [0.25, 0.3) is 0 Å². The smallest absolute Gasteiger partial charge is 0.373 e. The van der Waals surface area contributed by atoms with Crippen molar-refractivity contribution in [3.63, 3.8) is 0 Å². The highest BCUT2D eigenvalue weighted by Gasteiger charge is 2.85. The molecule has 0 spiro atoms. The topological polar surface area (TPSA) is 111 Å². The number of unbranched alkanes of at least 4 members (excludes halogenated alkanes) is 1. The zero-order valence-corrected chi connectivity index (χ0v) is 38.1. The number of hydrogen-bond donors (Lipinski definition) is 0. The largest absolute Gasteiger partial charge is 0.481 e. The minimum atomic E-state index is -3.83. The van der Waals surface area contributed by atoms with Crippen LogP contribution in [0.1, 0.15) is 117 Å². The highest BCUT2D eigenvalue weighted by Crippen LogP contribution is 2.59. The molecule has 0 unspecified atom stereocenters. The van der Waals surface area contributed by atoms with E-state index < -0.39 is 70.4 Å². The van der Waals surface area contributed by atoms with Crippen LogP contribution in [0.5, 0.6) is 0 Å². The second-order valence-electron chi connectivity index (χ2n) is 15.3. The molecule has 0 aromatic carbocycles. The zero-order chi connectivity index (χ0) is 33.6. The Morgan fingerprint density at radius 1 is 0.311 bits per heavy atom. The van der Waals surface area contributed by atoms with E-state index in [0.717, 1.165) is 12.8 Å². The van der Waals surface area contributed by atoms with Gasteiger partial charge in [-0.1, -0.05) is 110 Å². The molecule has 262 valence electrons. The van der Waals surface area contributed by atoms with Crippen LogP contribution in [0.25, 0.3) is 0 Å². The lowest BCUT2D eigenvalue weighted by Gasteiger charge is -2.66. The Bertz CT molecular complexity index is 970. The monoisotopic (exact) mass is 774 g/mol. The average molecular weight is 775 g/mol. The summed E-state index contributed by atoms with van der Waals surface area (Å²) in [6, 6.07) is 0.524. The van der Waals surface area contributed by atoms with Gasteiger partial charge in [0, 0.05) is 44.8 Å². The van der Waals surface area contributed by atoms with Crippen molar-refractivity contribution in [1.29, 1.82) is 0 Å². The van der Waals surface area contributed by atoms with Gasteiger partial charge in [-0.05, 0) is 6.42 Å². The van der Waals surface area contributed by atoms with Crippen molar-refractivity contribution in [2.45, 2.75) is 162 Å². The minimum Gasteiger partial charge on any atom is -0.373 e. The Morgan fingerprint density at radius 3 is 0.644 bits per heavy atom. The standard InChI is InChI=1S/C25H58O12Si8/c1-16-17-18-38-26-39(19(2)3)29-42(22(8)9)31-40(27-38,20(4)5)33-44(24(12)13)34-41(28-38,21(6)7)32-43(30-39,23(10)11)36-45(35-42,37-44)25(14)15/h19-25H,16-18H2,1-15H3. The Hall–Kier alpha value is 1.26. The van der Waals surface area contributed by atoms with E-state index in [9.17, 15) is 0 Å². The summed E-state index contributed by atoms with van der Waals surface area (Å²) >= 11 is 0. The summed E-state index contributed by atoms with van der Waals surface area (Å²) in [7, 11) is -30.6. The van der Waals surface area contributed by atoms with Gasteiger partial charge in [0.1, 0.15) is 0 Å². The van der Waals surface area contributed by atoms with Gasteiger partial charge < -0.3 is 49.4 Å². The lowest BCUT2D eigenvalue weighted by molar-refractivity contribution is -0.0422. The molecule has 8 bridgehead atoms. The van der Waals surface area contributed by atoms with Gasteiger partial charge in [0.15, 0.2) is 0 Å². The first-order chi connectivity index (χ1) is 20.6. The predicted octanol–water partition coefficient (Wildman–Crippen LogP) is 7.43. The molecule has 0 aliphatic carbocycles. The highest BCUT2D eigenvalue weighted by molar-refractivity contribution is 7.04. The molecule has 6 rings (SSSR count). The Morgan fingerprint density at radius 2 is 0.489 bits per heavy atom. The maximum Gasteiger partial charge on any atom is 0.481 e. The van der Waals surface area contributed by atoms with E-state index in [4.69, 9.17) is 49.4 Å². The summed E-state index contributed by atoms with van der Waals surface area (Å²) in [4.78, 5) is 0. The van der Waals surface area contributed by atoms with Gasteiger partial charge in [0.2, 0.25) is 0 Å². The Kier molecular flexibility index (Phi) is 10.2. The molecule has 0 aromatic rings. The van der Waals surface area contributed by atoms with Gasteiger partial charge in [-0.25, -0.2) is 0 Å². The molecule has 45 heavy (non-hydrogen) atoms. The SMILES string of the molecule is CCCC[Si]12O[Si]3(C(C)C)O[Si]4(C(C)C)O[Si](C(C)C)(O1)O[Si]1(C(C)C)O[Si](C(C)C)(O2)O[Si](C(C)C)(O3)O[Si](C(C)C)(O4)O1. The molecule has 12 nitrogen and oxygen atoms in total. The van der Waals surface area contributed by atoms with Crippen LogP contribution in [0.3, 0.4) is 0 Å². The normalized spacial score (nSPS) is 46.5. The van der Waals surface area contributed by atoms with Gasteiger partial charge in [-0.2, -0.15) is 0 Å². The molecule has 0 N–H and O–H groups in total. The number of rotatable bonds is 10. The van der Waals surface area contributed by atoms with Gasteiger partial charge in [-0.15, -0.1) is 0 Å². The Balaban J connectivity index is 1.98. The Labute approximate surface area is 280 Å². The van der Waals surface area contributed by atoms with E-state index in [1.165, 1.54) is 0 Å². The molecular weight excluding hydrogens is 717 g/mol. The molecule has 0 radical (unpaired) electrons. The van der Waals surface area contributed by atoms with E-state index in [0.29, 0.717) is 6.04 Å². The van der Waals surface area contributed by atoms with Crippen molar-refractivity contribution < 1.29 is 49.4 Å². The van der Waals surface area contributed by atoms with Crippen molar-refractivity contribution in [1.82, 2.24) is 0 Å². The number of hydrogen-bond acceptors (Lipinski definition) is 12. The molecule has 0 aromatic heterocycles. The van der Waals surface area contributed by atoms with E-state index in [1.807, 2.05) is 0 Å². The fourth-order valence-electron chi connectivity index (χ4n) is 5.96. The molecule has 6 aliphatic rings. The van der Waals surface area contributed by atoms with E-state index in [2.05, 4.69) is 104 Å². The summed E-state index contributed by atoms with van der Waals surface area (Å²) in [5.74, 6) is 0. The van der Waals surface area contributed by atoms with Crippen LogP contribution in [0.15, 0.2) is 0 Å². The van der Waals surface area contributed by atoms with E-state index in [-0.39, 0.29) is 38.8 Å². The molecule has 6 saturated heterocycles. The van der Waals surface area contributed by atoms with Crippen LogP contribution in [0, 0.1) is 0 Å². The van der Waals surface area contributed by atoms with E-state index >= 15 is 0 Å². The molecule has 6 aliphatic heterocycles. The average Bonchev–Trinajstić information content (AvgIpc) is 2.84. The first-order valence-electron chi connectivity index (χ1n) is 17.1. The fraction of sp³-hybridized carbons (Fsp3) is 1.00. The predicted molar refractivity (Wildman–Crippen MR) is 184 cm³/mol. The first kappa shape index (κ1) is 37.5. The van der Waals surface area contributed by atoms with Crippen LogP contribution in [0.4, 0.5) is 0 Å². The van der Waals surface area contributed by atoms with Gasteiger partial charge in [0.05, 0.1) is 0 Å². The fourth-order valence-corrected chi connectivity index (χ4v) is 60.2. The van der Waals surface area contributed by atoms with E-state index in [1.54, 1.807) is 0 Å². The molecule has 20 heteroatoms. The van der Waals surface area contributed by atoms with Crippen molar-refractivity contribution in [3.8, 4) is 0 Å². The third-order valence-corrected chi connectivity index (χ3v) is 47.7. The second kappa shape index (κ2) is 12.2. The van der Waals surface area contributed by atoms with Crippen LogP contribution in [0.2, 0.25) is 44.8 Å². The molecular formula is C25H58O12Si8. The first-order valence-corrected chi connectivity index (χ1v) is 31.6. The van der Waals surface area contributed by atoms with Crippen LogP contribution in [-0.4, -0.2) is 70.4 Å². The van der Waals surface area contributed by atoms with Crippen LogP contribution < -0.4 is 0 Å². The highest BCUT2D eigenvalue weighted by atomic mass is 28.6. The van der Waals surface area contributed by atoms with Crippen molar-refractivity contribution in [3.05, 3.63) is 0 Å². The third-order valence-electron chi connectivity index (χ3n) is 9.24. The lowest BCUT2D eigenvalue weighted by atomic mass is 10.4. The lowest BCUT2D eigenvalue weighted by Crippen LogP contribution is -2.90. The molecule has 6 fully saturated rings. The maximum atomic E-state index is 7.52. The van der Waals surface area contributed by atoms with Crippen LogP contribution in [-0.2, 0) is 49.4 Å². The minimum absolute atomic E-state index is 0.207. The van der Waals surface area contributed by atoms with Crippen molar-refractivity contribution in [2.75, 3.05) is 0 Å². The summed E-state index contributed by atoms with van der Waals surface area (Å²) < 4.78 is 90.1. The summed E-state index contributed by atoms with van der Waals surface area (Å²) in [5, 5.41) is 0. The summed E-state index contributed by atoms with van der Waals surface area (Å²) in [6.07, 6.45) is 1.72. The zero-order valence-electron chi connectivity index (χ0n) is 30.1. The molecule has 6 heterocycles. The molecule has 0 amide bonds.